The molecule has 3 rings (SSSR count). The molecule has 2 aliphatic heterocycles. The third kappa shape index (κ3) is 3.62. The van der Waals surface area contributed by atoms with Crippen molar-refractivity contribution >= 4 is 0 Å². The predicted octanol–water partition coefficient (Wildman–Crippen LogP) is 2.39. The van der Waals surface area contributed by atoms with E-state index in [9.17, 15) is 5.11 Å². The Morgan fingerprint density at radius 3 is 2.87 bits per heavy atom. The molecule has 3 atom stereocenters. The molecule has 0 radical (unpaired) electrons. The highest BCUT2D eigenvalue weighted by molar-refractivity contribution is 5.07. The fraction of sp³-hybridized carbons (Fsp3) is 0.833. The Balaban J connectivity index is 1.71. The minimum atomic E-state index is -0.610. The van der Waals surface area contributed by atoms with Gasteiger partial charge in [0.1, 0.15) is 0 Å². The molecule has 5 heteroatoms. The molecule has 2 aliphatic rings. The Morgan fingerprint density at radius 1 is 1.43 bits per heavy atom. The molecule has 1 aromatic heterocycles. The number of hydrogen-bond donors (Lipinski definition) is 1. The van der Waals surface area contributed by atoms with Crippen molar-refractivity contribution in [2.75, 3.05) is 19.8 Å². The van der Waals surface area contributed by atoms with E-state index >= 15 is 0 Å². The Morgan fingerprint density at radius 2 is 2.22 bits per heavy atom. The van der Waals surface area contributed by atoms with Crippen LogP contribution in [0.1, 0.15) is 52.5 Å². The zero-order valence-electron chi connectivity index (χ0n) is 15.0. The van der Waals surface area contributed by atoms with Crippen molar-refractivity contribution in [2.24, 2.45) is 5.92 Å². The summed E-state index contributed by atoms with van der Waals surface area (Å²) in [5, 5.41) is 15.3. The van der Waals surface area contributed by atoms with Gasteiger partial charge in [-0.25, -0.2) is 0 Å². The maximum absolute atomic E-state index is 10.8. The van der Waals surface area contributed by atoms with E-state index in [4.69, 9.17) is 4.74 Å². The molecule has 23 heavy (non-hydrogen) atoms. The van der Waals surface area contributed by atoms with Crippen LogP contribution in [-0.2, 0) is 16.8 Å². The van der Waals surface area contributed by atoms with Gasteiger partial charge in [0.15, 0.2) is 0 Å². The minimum Gasteiger partial charge on any atom is -0.390 e. The Kier molecular flexibility index (Phi) is 4.55. The first-order chi connectivity index (χ1) is 10.8. The van der Waals surface area contributed by atoms with Crippen LogP contribution in [0, 0.1) is 5.92 Å². The van der Waals surface area contributed by atoms with E-state index in [-0.39, 0.29) is 11.5 Å². The lowest BCUT2D eigenvalue weighted by Crippen LogP contribution is -2.52. The van der Waals surface area contributed by atoms with Crippen molar-refractivity contribution in [1.82, 2.24) is 14.7 Å². The van der Waals surface area contributed by atoms with Crippen LogP contribution in [0.2, 0.25) is 0 Å². The molecule has 1 aromatic rings. The first-order valence-electron chi connectivity index (χ1n) is 8.85. The molecule has 0 spiro atoms. The van der Waals surface area contributed by atoms with Crippen molar-refractivity contribution in [2.45, 2.75) is 70.7 Å². The molecular weight excluding hydrogens is 290 g/mol. The van der Waals surface area contributed by atoms with E-state index in [1.807, 2.05) is 17.8 Å². The summed E-state index contributed by atoms with van der Waals surface area (Å²) >= 11 is 0. The summed E-state index contributed by atoms with van der Waals surface area (Å²) in [5.41, 5.74) is 0.660. The summed E-state index contributed by atoms with van der Waals surface area (Å²) in [5.74, 6) is 0.205. The number of nitrogens with zero attached hydrogens (tertiary/aromatic N) is 3. The van der Waals surface area contributed by atoms with Crippen molar-refractivity contribution in [3.05, 3.63) is 18.0 Å². The molecule has 0 aliphatic carbocycles. The number of aromatic nitrogens is 2. The van der Waals surface area contributed by atoms with Crippen molar-refractivity contribution < 1.29 is 9.84 Å². The summed E-state index contributed by atoms with van der Waals surface area (Å²) in [7, 11) is 0. The molecule has 5 nitrogen and oxygen atoms in total. The molecule has 2 fully saturated rings. The highest BCUT2D eigenvalue weighted by Gasteiger charge is 2.44. The summed E-state index contributed by atoms with van der Waals surface area (Å²) in [6.45, 7) is 11.8. The average molecular weight is 321 g/mol. The average Bonchev–Trinajstić information content (AvgIpc) is 3.08. The first kappa shape index (κ1) is 16.9. The fourth-order valence-corrected chi connectivity index (χ4v) is 3.93. The topological polar surface area (TPSA) is 50.5 Å². The summed E-state index contributed by atoms with van der Waals surface area (Å²) < 4.78 is 7.71. The minimum absolute atomic E-state index is 0.0174. The summed E-state index contributed by atoms with van der Waals surface area (Å²) in [4.78, 5) is 2.51. The van der Waals surface area contributed by atoms with E-state index in [1.54, 1.807) is 0 Å². The molecule has 0 aromatic carbocycles. The van der Waals surface area contributed by atoms with Gasteiger partial charge in [-0.15, -0.1) is 0 Å². The van der Waals surface area contributed by atoms with Gasteiger partial charge in [-0.2, -0.15) is 5.10 Å². The highest BCUT2D eigenvalue weighted by atomic mass is 16.5. The largest absolute Gasteiger partial charge is 0.390 e. The molecule has 1 N–H and O–H groups in total. The van der Waals surface area contributed by atoms with Crippen LogP contribution in [0.15, 0.2) is 12.4 Å². The second-order valence-corrected chi connectivity index (χ2v) is 8.43. The molecule has 0 bridgehead atoms. The van der Waals surface area contributed by atoms with Gasteiger partial charge in [-0.05, 0) is 53.5 Å². The lowest BCUT2D eigenvalue weighted by molar-refractivity contribution is -0.123. The quantitative estimate of drug-likeness (QED) is 0.929. The van der Waals surface area contributed by atoms with E-state index in [0.29, 0.717) is 19.3 Å². The smallest absolute Gasteiger partial charge is 0.0706 e. The number of hydrogen-bond acceptors (Lipinski definition) is 4. The molecule has 2 saturated heterocycles. The van der Waals surface area contributed by atoms with Crippen LogP contribution in [0.3, 0.4) is 0 Å². The van der Waals surface area contributed by atoms with Gasteiger partial charge in [0.05, 0.1) is 23.9 Å². The van der Waals surface area contributed by atoms with Crippen LogP contribution in [0.25, 0.3) is 0 Å². The second kappa shape index (κ2) is 6.19. The zero-order valence-corrected chi connectivity index (χ0v) is 15.0. The van der Waals surface area contributed by atoms with Gasteiger partial charge in [0, 0.05) is 36.9 Å². The molecule has 130 valence electrons. The van der Waals surface area contributed by atoms with Gasteiger partial charge < -0.3 is 9.84 Å². The Hall–Kier alpha value is -0.910. The molecule has 0 unspecified atom stereocenters. The van der Waals surface area contributed by atoms with Gasteiger partial charge in [-0.1, -0.05) is 0 Å². The second-order valence-electron chi connectivity index (χ2n) is 8.43. The van der Waals surface area contributed by atoms with Crippen LogP contribution >= 0.6 is 0 Å². The SMILES string of the molecule is CC(C)(C)n1cc(CN2CCC[C@H]2[C@@H]2COCC[C@]2(C)O)cn1. The normalized spacial score (nSPS) is 33.3. The molecule has 3 heterocycles. The lowest BCUT2D eigenvalue weighted by atomic mass is 9.79. The van der Waals surface area contributed by atoms with Crippen molar-refractivity contribution in [3.8, 4) is 0 Å². The molecule has 0 amide bonds. The Labute approximate surface area is 139 Å². The van der Waals surface area contributed by atoms with E-state index in [1.165, 1.54) is 12.0 Å². The van der Waals surface area contributed by atoms with E-state index < -0.39 is 5.60 Å². The summed E-state index contributed by atoms with van der Waals surface area (Å²) in [6.07, 6.45) is 7.23. The van der Waals surface area contributed by atoms with E-state index in [2.05, 4.69) is 37.0 Å². The molecular formula is C18H31N3O2. The van der Waals surface area contributed by atoms with Gasteiger partial charge in [0.25, 0.3) is 0 Å². The monoisotopic (exact) mass is 321 g/mol. The first-order valence-corrected chi connectivity index (χ1v) is 8.85. The Bertz CT molecular complexity index is 533. The van der Waals surface area contributed by atoms with Crippen LogP contribution in [0.4, 0.5) is 0 Å². The standard InChI is InChI=1S/C18H31N3O2/c1-17(2,3)21-12-14(10-19-21)11-20-8-5-6-16(20)15-13-23-9-7-18(15,4)22/h10,12,15-16,22H,5-9,11,13H2,1-4H3/t15-,16-,18-/m0/s1. The number of rotatable bonds is 3. The van der Waals surface area contributed by atoms with Crippen LogP contribution in [0.5, 0.6) is 0 Å². The third-order valence-corrected chi connectivity index (χ3v) is 5.44. The van der Waals surface area contributed by atoms with E-state index in [0.717, 1.165) is 25.9 Å². The highest BCUT2D eigenvalue weighted by Crippen LogP contribution is 2.36. The third-order valence-electron chi connectivity index (χ3n) is 5.44. The van der Waals surface area contributed by atoms with Crippen LogP contribution in [-0.4, -0.2) is 51.2 Å². The maximum Gasteiger partial charge on any atom is 0.0706 e. The number of ether oxygens (including phenoxy) is 1. The van der Waals surface area contributed by atoms with Gasteiger partial charge >= 0.3 is 0 Å². The summed E-state index contributed by atoms with van der Waals surface area (Å²) in [6, 6.07) is 0.406. The van der Waals surface area contributed by atoms with Gasteiger partial charge in [-0.3, -0.25) is 9.58 Å². The molecule has 0 saturated carbocycles. The fourth-order valence-electron chi connectivity index (χ4n) is 3.93. The zero-order chi connectivity index (χ0) is 16.7. The lowest BCUT2D eigenvalue weighted by Gasteiger charge is -2.43. The van der Waals surface area contributed by atoms with Crippen LogP contribution < -0.4 is 0 Å². The number of likely N-dealkylation sites (tertiary alicyclic amines) is 1. The maximum atomic E-state index is 10.8. The number of aliphatic hydroxyl groups is 1. The van der Waals surface area contributed by atoms with Gasteiger partial charge in [0.2, 0.25) is 0 Å². The van der Waals surface area contributed by atoms with Crippen molar-refractivity contribution in [1.29, 1.82) is 0 Å². The predicted molar refractivity (Wildman–Crippen MR) is 90.2 cm³/mol. The van der Waals surface area contributed by atoms with Crippen molar-refractivity contribution in [3.63, 3.8) is 0 Å².